The fourth-order valence-electron chi connectivity index (χ4n) is 1.74. The lowest BCUT2D eigenvalue weighted by atomic mass is 10.1. The monoisotopic (exact) mass is 240 g/mol. The van der Waals surface area contributed by atoms with Crippen LogP contribution >= 0.6 is 11.6 Å². The molecule has 2 rings (SSSR count). The van der Waals surface area contributed by atoms with Crippen LogP contribution in [0.3, 0.4) is 0 Å². The van der Waals surface area contributed by atoms with Gasteiger partial charge in [-0.15, -0.1) is 0 Å². The smallest absolute Gasteiger partial charge is 0.255 e. The molecule has 86 valence electrons. The van der Waals surface area contributed by atoms with Crippen molar-refractivity contribution in [2.75, 3.05) is 13.1 Å². The highest BCUT2D eigenvalue weighted by atomic mass is 35.5. The van der Waals surface area contributed by atoms with E-state index in [-0.39, 0.29) is 23.3 Å². The lowest BCUT2D eigenvalue weighted by Crippen LogP contribution is -2.36. The summed E-state index contributed by atoms with van der Waals surface area (Å²) in [7, 11) is 0. The third kappa shape index (κ3) is 2.46. The fourth-order valence-corrected chi connectivity index (χ4v) is 1.90. The average Bonchev–Trinajstić information content (AvgIpc) is 2.70. The molecule has 0 spiro atoms. The first-order valence-corrected chi connectivity index (χ1v) is 5.54. The van der Waals surface area contributed by atoms with Gasteiger partial charge in [0.1, 0.15) is 5.75 Å². The van der Waals surface area contributed by atoms with E-state index >= 15 is 0 Å². The van der Waals surface area contributed by atoms with Crippen LogP contribution in [0, 0.1) is 0 Å². The fraction of sp³-hybridized carbons (Fsp3) is 0.364. The van der Waals surface area contributed by atoms with E-state index in [2.05, 4.69) is 10.6 Å². The molecule has 0 radical (unpaired) electrons. The van der Waals surface area contributed by atoms with E-state index in [4.69, 9.17) is 11.6 Å². The molecule has 1 atom stereocenters. The molecule has 0 aromatic heterocycles. The molecule has 16 heavy (non-hydrogen) atoms. The van der Waals surface area contributed by atoms with Gasteiger partial charge in [-0.3, -0.25) is 4.79 Å². The summed E-state index contributed by atoms with van der Waals surface area (Å²) in [6, 6.07) is 4.62. The second-order valence-electron chi connectivity index (χ2n) is 3.82. The van der Waals surface area contributed by atoms with Gasteiger partial charge in [0.05, 0.1) is 5.56 Å². The molecule has 0 saturated carbocycles. The highest BCUT2D eigenvalue weighted by Gasteiger charge is 2.19. The first-order chi connectivity index (χ1) is 7.66. The Bertz CT molecular complexity index is 403. The van der Waals surface area contributed by atoms with Gasteiger partial charge in [-0.25, -0.2) is 0 Å². The molecule has 3 N–H and O–H groups in total. The molecule has 5 heteroatoms. The summed E-state index contributed by atoms with van der Waals surface area (Å²) in [5, 5.41) is 16.0. The number of nitrogens with one attached hydrogen (secondary N) is 2. The van der Waals surface area contributed by atoms with E-state index in [9.17, 15) is 9.90 Å². The lowest BCUT2D eigenvalue weighted by molar-refractivity contribution is 0.0937. The van der Waals surface area contributed by atoms with Crippen molar-refractivity contribution in [1.29, 1.82) is 0 Å². The Morgan fingerprint density at radius 1 is 1.56 bits per heavy atom. The molecule has 1 aliphatic rings. The van der Waals surface area contributed by atoms with Gasteiger partial charge in [0.15, 0.2) is 0 Å². The summed E-state index contributed by atoms with van der Waals surface area (Å²) >= 11 is 5.69. The Hall–Kier alpha value is -1.26. The molecule has 0 unspecified atom stereocenters. The number of rotatable bonds is 2. The van der Waals surface area contributed by atoms with Gasteiger partial charge in [0.25, 0.3) is 5.91 Å². The number of amides is 1. The average molecular weight is 241 g/mol. The summed E-state index contributed by atoms with van der Waals surface area (Å²) in [5.41, 5.74) is 0.260. The van der Waals surface area contributed by atoms with Crippen molar-refractivity contribution in [2.45, 2.75) is 12.5 Å². The van der Waals surface area contributed by atoms with E-state index in [0.717, 1.165) is 19.5 Å². The minimum Gasteiger partial charge on any atom is -0.507 e. The third-order valence-electron chi connectivity index (χ3n) is 2.60. The minimum absolute atomic E-state index is 0.0871. The Balaban J connectivity index is 2.08. The number of carbonyl (C=O) groups excluding carboxylic acids is 1. The number of carbonyl (C=O) groups is 1. The normalized spacial score (nSPS) is 19.7. The number of benzene rings is 1. The van der Waals surface area contributed by atoms with Crippen LogP contribution in [0.25, 0.3) is 0 Å². The van der Waals surface area contributed by atoms with Crippen LogP contribution in [0.1, 0.15) is 16.8 Å². The molecule has 0 bridgehead atoms. The van der Waals surface area contributed by atoms with Crippen molar-refractivity contribution in [2.24, 2.45) is 0 Å². The Labute approximate surface area is 98.6 Å². The van der Waals surface area contributed by atoms with Gasteiger partial charge in [-0.2, -0.15) is 0 Å². The molecular weight excluding hydrogens is 228 g/mol. The second kappa shape index (κ2) is 4.72. The predicted molar refractivity (Wildman–Crippen MR) is 61.9 cm³/mol. The quantitative estimate of drug-likeness (QED) is 0.727. The van der Waals surface area contributed by atoms with Crippen molar-refractivity contribution in [3.63, 3.8) is 0 Å². The topological polar surface area (TPSA) is 61.4 Å². The third-order valence-corrected chi connectivity index (χ3v) is 2.84. The van der Waals surface area contributed by atoms with Crippen LogP contribution in [-0.2, 0) is 0 Å². The summed E-state index contributed by atoms with van der Waals surface area (Å²) < 4.78 is 0. The second-order valence-corrected chi connectivity index (χ2v) is 4.26. The van der Waals surface area contributed by atoms with E-state index in [1.54, 1.807) is 6.07 Å². The van der Waals surface area contributed by atoms with E-state index in [1.807, 2.05) is 0 Å². The predicted octanol–water partition coefficient (Wildman–Crippen LogP) is 1.14. The Morgan fingerprint density at radius 3 is 3.00 bits per heavy atom. The molecule has 1 aromatic carbocycles. The van der Waals surface area contributed by atoms with Gasteiger partial charge >= 0.3 is 0 Å². The SMILES string of the molecule is O=C(N[C@H]1CCNC1)c1ccc(Cl)cc1O. The number of phenolic OH excluding ortho intramolecular Hbond substituents is 1. The summed E-state index contributed by atoms with van der Waals surface area (Å²) in [6.07, 6.45) is 0.917. The van der Waals surface area contributed by atoms with Crippen LogP contribution < -0.4 is 10.6 Å². The number of hydrogen-bond donors (Lipinski definition) is 3. The Morgan fingerprint density at radius 2 is 2.38 bits per heavy atom. The maximum absolute atomic E-state index is 11.8. The molecule has 1 aliphatic heterocycles. The molecule has 1 heterocycles. The molecule has 1 fully saturated rings. The zero-order valence-corrected chi connectivity index (χ0v) is 9.42. The van der Waals surface area contributed by atoms with Gasteiger partial charge in [-0.1, -0.05) is 11.6 Å². The minimum atomic E-state index is -0.261. The maximum Gasteiger partial charge on any atom is 0.255 e. The number of hydrogen-bond acceptors (Lipinski definition) is 3. The largest absolute Gasteiger partial charge is 0.507 e. The lowest BCUT2D eigenvalue weighted by Gasteiger charge is -2.12. The summed E-state index contributed by atoms with van der Waals surface area (Å²) in [5.74, 6) is -0.348. The molecule has 1 aromatic rings. The number of halogens is 1. The van der Waals surface area contributed by atoms with Crippen LogP contribution in [0.5, 0.6) is 5.75 Å². The van der Waals surface area contributed by atoms with Crippen LogP contribution in [0.15, 0.2) is 18.2 Å². The van der Waals surface area contributed by atoms with E-state index in [1.165, 1.54) is 12.1 Å². The van der Waals surface area contributed by atoms with Crippen LogP contribution in [0.4, 0.5) is 0 Å². The molecular formula is C11H13ClN2O2. The van der Waals surface area contributed by atoms with Crippen molar-refractivity contribution in [3.8, 4) is 5.75 Å². The van der Waals surface area contributed by atoms with Gasteiger partial charge in [0.2, 0.25) is 0 Å². The van der Waals surface area contributed by atoms with Gasteiger partial charge < -0.3 is 15.7 Å². The number of phenols is 1. The molecule has 4 nitrogen and oxygen atoms in total. The summed E-state index contributed by atoms with van der Waals surface area (Å²) in [4.78, 5) is 11.8. The van der Waals surface area contributed by atoms with Crippen LogP contribution in [-0.4, -0.2) is 30.1 Å². The highest BCUT2D eigenvalue weighted by molar-refractivity contribution is 6.30. The van der Waals surface area contributed by atoms with Gasteiger partial charge in [0, 0.05) is 17.6 Å². The van der Waals surface area contributed by atoms with Gasteiger partial charge in [-0.05, 0) is 31.2 Å². The zero-order valence-electron chi connectivity index (χ0n) is 8.66. The highest BCUT2D eigenvalue weighted by Crippen LogP contribution is 2.21. The maximum atomic E-state index is 11.8. The molecule has 1 saturated heterocycles. The van der Waals surface area contributed by atoms with Crippen molar-refractivity contribution >= 4 is 17.5 Å². The van der Waals surface area contributed by atoms with Crippen molar-refractivity contribution < 1.29 is 9.90 Å². The first-order valence-electron chi connectivity index (χ1n) is 5.17. The standard InChI is InChI=1S/C11H13ClN2O2/c12-7-1-2-9(10(15)5-7)11(16)14-8-3-4-13-6-8/h1-2,5,8,13,15H,3-4,6H2,(H,14,16)/t8-/m0/s1. The van der Waals surface area contributed by atoms with Crippen molar-refractivity contribution in [1.82, 2.24) is 10.6 Å². The van der Waals surface area contributed by atoms with Crippen LogP contribution in [0.2, 0.25) is 5.02 Å². The number of aromatic hydroxyl groups is 1. The molecule has 1 amide bonds. The molecule has 0 aliphatic carbocycles. The van der Waals surface area contributed by atoms with E-state index < -0.39 is 0 Å². The summed E-state index contributed by atoms with van der Waals surface area (Å²) in [6.45, 7) is 1.69. The van der Waals surface area contributed by atoms with Crippen molar-refractivity contribution in [3.05, 3.63) is 28.8 Å². The van der Waals surface area contributed by atoms with E-state index in [0.29, 0.717) is 5.02 Å². The Kier molecular flexibility index (Phi) is 3.31. The zero-order chi connectivity index (χ0) is 11.5. The first kappa shape index (κ1) is 11.2.